The molecule has 0 bridgehead atoms. The van der Waals surface area contributed by atoms with E-state index in [1.165, 1.54) is 23.1 Å². The highest BCUT2D eigenvalue weighted by molar-refractivity contribution is 8.01. The Labute approximate surface area is 148 Å². The molecule has 2 N–H and O–H groups in total. The summed E-state index contributed by atoms with van der Waals surface area (Å²) in [5.41, 5.74) is 0.867. The summed E-state index contributed by atoms with van der Waals surface area (Å²) in [6.45, 7) is 3.48. The fourth-order valence-corrected chi connectivity index (χ4v) is 3.94. The second-order valence-electron chi connectivity index (χ2n) is 5.52. The van der Waals surface area contributed by atoms with E-state index >= 15 is 0 Å². The van der Waals surface area contributed by atoms with Gasteiger partial charge in [0, 0.05) is 26.3 Å². The van der Waals surface area contributed by atoms with Crippen LogP contribution in [0, 0.1) is 6.92 Å². The number of hydrogen-bond donors (Lipinski definition) is 2. The van der Waals surface area contributed by atoms with Crippen LogP contribution in [0.15, 0.2) is 10.4 Å². The monoisotopic (exact) mass is 368 g/mol. The molecule has 0 aromatic carbocycles. The molecule has 0 aliphatic carbocycles. The molecule has 10 heteroatoms. The summed E-state index contributed by atoms with van der Waals surface area (Å²) in [7, 11) is 1.80. The lowest BCUT2D eigenvalue weighted by molar-refractivity contribution is -0.113. The third-order valence-electron chi connectivity index (χ3n) is 3.51. The Balaban J connectivity index is 1.42. The van der Waals surface area contributed by atoms with E-state index in [9.17, 15) is 4.79 Å². The smallest absolute Gasteiger partial charge is 0.235 e. The van der Waals surface area contributed by atoms with Crippen LogP contribution in [0.5, 0.6) is 0 Å². The minimum Gasteiger partial charge on any atom is -0.376 e. The number of hydrogen-bond acceptors (Lipinski definition) is 8. The molecule has 24 heavy (non-hydrogen) atoms. The standard InChI is InChI=1S/C14H20N6O2S2/c1-9-6-11(20(2)19-9)16-12(21)8-23-14-18-17-13(24-14)15-7-10-4-3-5-22-10/h6,10H,3-5,7-8H2,1-2H3,(H,15,17)(H,16,21)/t10-/m0/s1. The molecule has 0 unspecified atom stereocenters. The highest BCUT2D eigenvalue weighted by Crippen LogP contribution is 2.26. The van der Waals surface area contributed by atoms with Gasteiger partial charge in [0.2, 0.25) is 11.0 Å². The summed E-state index contributed by atoms with van der Waals surface area (Å²) in [5.74, 6) is 0.881. The third kappa shape index (κ3) is 4.68. The number of nitrogens with zero attached hydrogens (tertiary/aromatic N) is 4. The van der Waals surface area contributed by atoms with Crippen molar-refractivity contribution in [1.29, 1.82) is 0 Å². The van der Waals surface area contributed by atoms with Gasteiger partial charge < -0.3 is 15.4 Å². The van der Waals surface area contributed by atoms with Crippen molar-refractivity contribution < 1.29 is 9.53 Å². The van der Waals surface area contributed by atoms with E-state index in [4.69, 9.17) is 4.74 Å². The number of nitrogens with one attached hydrogen (secondary N) is 2. The van der Waals surface area contributed by atoms with Crippen LogP contribution in [0.2, 0.25) is 0 Å². The van der Waals surface area contributed by atoms with E-state index in [1.807, 2.05) is 13.0 Å². The second-order valence-corrected chi connectivity index (χ2v) is 7.72. The molecular formula is C14H20N6O2S2. The van der Waals surface area contributed by atoms with Crippen molar-refractivity contribution >= 4 is 40.0 Å². The summed E-state index contributed by atoms with van der Waals surface area (Å²) in [6, 6.07) is 1.83. The molecule has 8 nitrogen and oxygen atoms in total. The molecular weight excluding hydrogens is 348 g/mol. The number of aryl methyl sites for hydroxylation is 2. The van der Waals surface area contributed by atoms with Gasteiger partial charge >= 0.3 is 0 Å². The molecule has 2 aromatic heterocycles. The molecule has 0 radical (unpaired) electrons. The number of anilines is 2. The molecule has 0 spiro atoms. The van der Waals surface area contributed by atoms with Gasteiger partial charge in [-0.25, -0.2) is 0 Å². The molecule has 3 heterocycles. The Morgan fingerprint density at radius 2 is 2.42 bits per heavy atom. The lowest BCUT2D eigenvalue weighted by Crippen LogP contribution is -2.18. The maximum atomic E-state index is 12.0. The SMILES string of the molecule is Cc1cc(NC(=O)CSc2nnc(NC[C@@H]3CCCO3)s2)n(C)n1. The summed E-state index contributed by atoms with van der Waals surface area (Å²) >= 11 is 2.82. The lowest BCUT2D eigenvalue weighted by atomic mass is 10.2. The Kier molecular flexibility index (Phi) is 5.69. The molecule has 1 amide bonds. The first-order chi connectivity index (χ1) is 11.6. The highest BCUT2D eigenvalue weighted by Gasteiger charge is 2.16. The fourth-order valence-electron chi connectivity index (χ4n) is 2.38. The van der Waals surface area contributed by atoms with Crippen molar-refractivity contribution in [3.05, 3.63) is 11.8 Å². The average molecular weight is 368 g/mol. The van der Waals surface area contributed by atoms with Crippen LogP contribution in [-0.4, -0.2) is 50.9 Å². The predicted molar refractivity (Wildman–Crippen MR) is 94.7 cm³/mol. The number of aromatic nitrogens is 4. The van der Waals surface area contributed by atoms with E-state index in [1.54, 1.807) is 11.7 Å². The summed E-state index contributed by atoms with van der Waals surface area (Å²) in [4.78, 5) is 12.0. The predicted octanol–water partition coefficient (Wildman–Crippen LogP) is 1.90. The van der Waals surface area contributed by atoms with Gasteiger partial charge in [-0.05, 0) is 19.8 Å². The van der Waals surface area contributed by atoms with Crippen LogP contribution >= 0.6 is 23.1 Å². The van der Waals surface area contributed by atoms with E-state index in [-0.39, 0.29) is 17.8 Å². The number of amides is 1. The van der Waals surface area contributed by atoms with Crippen molar-refractivity contribution in [3.8, 4) is 0 Å². The van der Waals surface area contributed by atoms with Gasteiger partial charge in [-0.2, -0.15) is 5.10 Å². The minimum atomic E-state index is -0.0907. The maximum absolute atomic E-state index is 12.0. The largest absolute Gasteiger partial charge is 0.376 e. The zero-order chi connectivity index (χ0) is 16.9. The molecule has 1 aliphatic rings. The normalized spacial score (nSPS) is 17.2. The van der Waals surface area contributed by atoms with E-state index in [2.05, 4.69) is 25.9 Å². The second kappa shape index (κ2) is 7.95. The molecule has 1 aliphatic heterocycles. The van der Waals surface area contributed by atoms with Gasteiger partial charge in [-0.3, -0.25) is 9.48 Å². The van der Waals surface area contributed by atoms with E-state index < -0.39 is 0 Å². The van der Waals surface area contributed by atoms with Crippen molar-refractivity contribution in [2.75, 3.05) is 29.5 Å². The highest BCUT2D eigenvalue weighted by atomic mass is 32.2. The maximum Gasteiger partial charge on any atom is 0.235 e. The van der Waals surface area contributed by atoms with Gasteiger partial charge in [-0.1, -0.05) is 23.1 Å². The number of ether oxygens (including phenoxy) is 1. The Hall–Kier alpha value is -1.65. The Morgan fingerprint density at radius 3 is 3.12 bits per heavy atom. The van der Waals surface area contributed by atoms with Crippen molar-refractivity contribution in [3.63, 3.8) is 0 Å². The number of rotatable bonds is 7. The number of thioether (sulfide) groups is 1. The minimum absolute atomic E-state index is 0.0907. The number of carbonyl (C=O) groups is 1. The molecule has 1 saturated heterocycles. The van der Waals surface area contributed by atoms with Crippen LogP contribution in [-0.2, 0) is 16.6 Å². The van der Waals surface area contributed by atoms with Crippen molar-refractivity contribution in [1.82, 2.24) is 20.0 Å². The first-order valence-electron chi connectivity index (χ1n) is 7.72. The summed E-state index contributed by atoms with van der Waals surface area (Å²) in [6.07, 6.45) is 2.47. The molecule has 1 fully saturated rings. The van der Waals surface area contributed by atoms with E-state index in [0.29, 0.717) is 5.82 Å². The molecule has 3 rings (SSSR count). The first-order valence-corrected chi connectivity index (χ1v) is 9.52. The summed E-state index contributed by atoms with van der Waals surface area (Å²) < 4.78 is 7.97. The topological polar surface area (TPSA) is 94.0 Å². The quantitative estimate of drug-likeness (QED) is 0.721. The van der Waals surface area contributed by atoms with Crippen LogP contribution in [0.25, 0.3) is 0 Å². The fraction of sp³-hybridized carbons (Fsp3) is 0.571. The molecule has 2 aromatic rings. The molecule has 130 valence electrons. The van der Waals surface area contributed by atoms with Crippen LogP contribution in [0.4, 0.5) is 10.9 Å². The molecule has 1 atom stereocenters. The number of carbonyl (C=O) groups excluding carboxylic acids is 1. The zero-order valence-corrected chi connectivity index (χ0v) is 15.2. The van der Waals surface area contributed by atoms with Gasteiger partial charge in [-0.15, -0.1) is 10.2 Å². The van der Waals surface area contributed by atoms with Crippen LogP contribution in [0.3, 0.4) is 0 Å². The van der Waals surface area contributed by atoms with Gasteiger partial charge in [0.25, 0.3) is 0 Å². The Morgan fingerprint density at radius 1 is 1.54 bits per heavy atom. The molecule has 0 saturated carbocycles. The van der Waals surface area contributed by atoms with Gasteiger partial charge in [0.1, 0.15) is 5.82 Å². The lowest BCUT2D eigenvalue weighted by Gasteiger charge is -2.08. The van der Waals surface area contributed by atoms with Crippen LogP contribution in [0.1, 0.15) is 18.5 Å². The zero-order valence-electron chi connectivity index (χ0n) is 13.6. The Bertz CT molecular complexity index is 695. The van der Waals surface area contributed by atoms with Crippen molar-refractivity contribution in [2.45, 2.75) is 30.2 Å². The van der Waals surface area contributed by atoms with E-state index in [0.717, 1.165) is 41.2 Å². The van der Waals surface area contributed by atoms with Crippen molar-refractivity contribution in [2.24, 2.45) is 7.05 Å². The third-order valence-corrected chi connectivity index (χ3v) is 5.52. The van der Waals surface area contributed by atoms with Gasteiger partial charge in [0.05, 0.1) is 17.6 Å². The summed E-state index contributed by atoms with van der Waals surface area (Å²) in [5, 5.41) is 19.2. The average Bonchev–Trinajstić information content (AvgIpc) is 3.26. The first kappa shape index (κ1) is 17.2. The van der Waals surface area contributed by atoms with Gasteiger partial charge in [0.15, 0.2) is 4.34 Å². The van der Waals surface area contributed by atoms with Crippen LogP contribution < -0.4 is 10.6 Å².